The van der Waals surface area contributed by atoms with Crippen molar-refractivity contribution in [3.63, 3.8) is 0 Å². The van der Waals surface area contributed by atoms with Gasteiger partial charge in [-0.1, -0.05) is 42.5 Å². The Labute approximate surface area is 192 Å². The SMILES string of the molecule is COc1ccc(NC(=O)N[C@@H](Cc2ccccc2)N2C(=O)[C@@H]3[C@H](C2=O)[C@H]2C=C[C@H]3CC2)cc1. The molecular weight excluding hydrogens is 418 g/mol. The minimum absolute atomic E-state index is 0.104. The zero-order valence-electron chi connectivity index (χ0n) is 18.4. The molecule has 2 N–H and O–H groups in total. The van der Waals surface area contributed by atoms with E-state index in [0.717, 1.165) is 18.4 Å². The van der Waals surface area contributed by atoms with Gasteiger partial charge < -0.3 is 15.4 Å². The third-order valence-corrected chi connectivity index (χ3v) is 7.02. The highest BCUT2D eigenvalue weighted by Gasteiger charge is 2.58. The Morgan fingerprint density at radius 1 is 0.970 bits per heavy atom. The highest BCUT2D eigenvalue weighted by Crippen LogP contribution is 2.50. The molecule has 2 aromatic rings. The van der Waals surface area contributed by atoms with Gasteiger partial charge >= 0.3 is 6.03 Å². The lowest BCUT2D eigenvalue weighted by Gasteiger charge is -2.38. The summed E-state index contributed by atoms with van der Waals surface area (Å²) in [5.41, 5.74) is 1.52. The van der Waals surface area contributed by atoms with Gasteiger partial charge in [0.05, 0.1) is 18.9 Å². The van der Waals surface area contributed by atoms with Crippen molar-refractivity contribution in [3.05, 3.63) is 72.3 Å². The second-order valence-electron chi connectivity index (χ2n) is 8.92. The molecule has 3 aliphatic carbocycles. The third kappa shape index (κ3) is 3.99. The molecule has 33 heavy (non-hydrogen) atoms. The molecule has 1 saturated heterocycles. The molecule has 0 unspecified atom stereocenters. The molecule has 170 valence electrons. The van der Waals surface area contributed by atoms with E-state index in [-0.39, 0.29) is 35.5 Å². The lowest BCUT2D eigenvalue weighted by atomic mass is 9.63. The number of amides is 4. The Hall–Kier alpha value is -3.61. The van der Waals surface area contributed by atoms with Crippen molar-refractivity contribution in [3.8, 4) is 5.75 Å². The quantitative estimate of drug-likeness (QED) is 0.526. The number of imide groups is 1. The number of urea groups is 1. The van der Waals surface area contributed by atoms with Crippen LogP contribution in [0.1, 0.15) is 18.4 Å². The summed E-state index contributed by atoms with van der Waals surface area (Å²) >= 11 is 0. The Kier molecular flexibility index (Phi) is 5.62. The minimum Gasteiger partial charge on any atom is -0.497 e. The van der Waals surface area contributed by atoms with Gasteiger partial charge in [-0.05, 0) is 54.5 Å². The summed E-state index contributed by atoms with van der Waals surface area (Å²) < 4.78 is 5.15. The molecule has 4 amide bonds. The molecule has 7 heteroatoms. The molecule has 1 saturated carbocycles. The Morgan fingerprint density at radius 2 is 1.58 bits per heavy atom. The fourth-order valence-electron chi connectivity index (χ4n) is 5.44. The molecule has 2 aromatic carbocycles. The largest absolute Gasteiger partial charge is 0.497 e. The van der Waals surface area contributed by atoms with Crippen LogP contribution in [0.25, 0.3) is 0 Å². The molecule has 0 aromatic heterocycles. The van der Waals surface area contributed by atoms with Gasteiger partial charge in [0.1, 0.15) is 11.9 Å². The molecule has 2 bridgehead atoms. The van der Waals surface area contributed by atoms with Crippen molar-refractivity contribution in [2.24, 2.45) is 23.7 Å². The van der Waals surface area contributed by atoms with Gasteiger partial charge in [0.2, 0.25) is 11.8 Å². The van der Waals surface area contributed by atoms with E-state index in [1.165, 1.54) is 4.90 Å². The van der Waals surface area contributed by atoms with E-state index in [9.17, 15) is 14.4 Å². The Morgan fingerprint density at radius 3 is 2.12 bits per heavy atom. The predicted octanol–water partition coefficient (Wildman–Crippen LogP) is 3.58. The summed E-state index contributed by atoms with van der Waals surface area (Å²) in [6, 6.07) is 16.1. The van der Waals surface area contributed by atoms with Crippen LogP contribution in [0.5, 0.6) is 5.75 Å². The van der Waals surface area contributed by atoms with Crippen molar-refractivity contribution >= 4 is 23.5 Å². The number of nitrogens with one attached hydrogen (secondary N) is 2. The number of carbonyl (C=O) groups excluding carboxylic acids is 3. The van der Waals surface area contributed by atoms with Crippen molar-refractivity contribution in [2.75, 3.05) is 12.4 Å². The zero-order valence-corrected chi connectivity index (χ0v) is 18.4. The molecule has 4 aliphatic rings. The first-order valence-corrected chi connectivity index (χ1v) is 11.4. The monoisotopic (exact) mass is 445 g/mol. The first kappa shape index (κ1) is 21.2. The van der Waals surface area contributed by atoms with Crippen LogP contribution in [-0.2, 0) is 16.0 Å². The van der Waals surface area contributed by atoms with Crippen LogP contribution in [0.2, 0.25) is 0 Å². The van der Waals surface area contributed by atoms with Crippen LogP contribution in [0.4, 0.5) is 10.5 Å². The summed E-state index contributed by atoms with van der Waals surface area (Å²) in [5.74, 6) is -0.0812. The van der Waals surface area contributed by atoms with E-state index in [1.54, 1.807) is 31.4 Å². The van der Waals surface area contributed by atoms with E-state index in [2.05, 4.69) is 22.8 Å². The number of hydrogen-bond donors (Lipinski definition) is 2. The first-order chi connectivity index (χ1) is 16.0. The van der Waals surface area contributed by atoms with E-state index >= 15 is 0 Å². The summed E-state index contributed by atoms with van der Waals surface area (Å²) in [7, 11) is 1.58. The molecule has 1 aliphatic heterocycles. The second kappa shape index (κ2) is 8.73. The maximum Gasteiger partial charge on any atom is 0.320 e. The minimum atomic E-state index is -0.768. The molecule has 0 spiro atoms. The Bertz CT molecular complexity index is 1050. The summed E-state index contributed by atoms with van der Waals surface area (Å²) in [6.07, 6.45) is 5.64. The van der Waals surface area contributed by atoms with Crippen LogP contribution in [0.3, 0.4) is 0 Å². The van der Waals surface area contributed by atoms with Crippen molar-refractivity contribution in [1.82, 2.24) is 10.2 Å². The van der Waals surface area contributed by atoms with Crippen LogP contribution in [-0.4, -0.2) is 36.0 Å². The van der Waals surface area contributed by atoms with Gasteiger partial charge in [-0.2, -0.15) is 0 Å². The van der Waals surface area contributed by atoms with Crippen molar-refractivity contribution in [2.45, 2.75) is 25.4 Å². The maximum atomic E-state index is 13.5. The average molecular weight is 446 g/mol. The summed E-state index contributed by atoms with van der Waals surface area (Å²) in [5, 5.41) is 5.68. The normalized spacial score (nSPS) is 26.2. The van der Waals surface area contributed by atoms with Crippen LogP contribution >= 0.6 is 0 Å². The van der Waals surface area contributed by atoms with E-state index < -0.39 is 12.2 Å². The molecule has 6 rings (SSSR count). The van der Waals surface area contributed by atoms with Gasteiger partial charge in [-0.3, -0.25) is 14.5 Å². The number of benzene rings is 2. The topological polar surface area (TPSA) is 87.7 Å². The standard InChI is InChI=1S/C26H27N3O4/c1-33-20-13-11-19(12-14-20)27-26(32)28-21(15-16-5-3-2-4-6-16)29-24(30)22-17-7-8-18(10-9-17)23(22)25(29)31/h2-8,11-14,17-18,21-23H,9-10,15H2,1H3,(H2,27,28,32)/t17-,18-,21+,22-,23+/m0/s1. The molecule has 7 nitrogen and oxygen atoms in total. The van der Waals surface area contributed by atoms with Crippen LogP contribution < -0.4 is 15.4 Å². The van der Waals surface area contributed by atoms with Crippen molar-refractivity contribution < 1.29 is 19.1 Å². The number of nitrogens with zero attached hydrogens (tertiary/aromatic N) is 1. The smallest absolute Gasteiger partial charge is 0.320 e. The maximum absolute atomic E-state index is 13.5. The molecule has 0 radical (unpaired) electrons. The molecule has 5 atom stereocenters. The number of anilines is 1. The number of hydrogen-bond acceptors (Lipinski definition) is 4. The van der Waals surface area contributed by atoms with E-state index in [4.69, 9.17) is 4.74 Å². The fraction of sp³-hybridized carbons (Fsp3) is 0.346. The van der Waals surface area contributed by atoms with Gasteiger partial charge in [0.25, 0.3) is 0 Å². The first-order valence-electron chi connectivity index (χ1n) is 11.4. The number of fused-ring (bicyclic) bond motifs is 1. The molecule has 2 fully saturated rings. The number of allylic oxidation sites excluding steroid dienone is 2. The lowest BCUT2D eigenvalue weighted by Crippen LogP contribution is -2.53. The van der Waals surface area contributed by atoms with Crippen molar-refractivity contribution in [1.29, 1.82) is 0 Å². The van der Waals surface area contributed by atoms with Gasteiger partial charge in [0.15, 0.2) is 0 Å². The highest BCUT2D eigenvalue weighted by atomic mass is 16.5. The number of carbonyl (C=O) groups is 3. The zero-order chi connectivity index (χ0) is 22.9. The molecular formula is C26H27N3O4. The van der Waals surface area contributed by atoms with Gasteiger partial charge in [-0.15, -0.1) is 0 Å². The summed E-state index contributed by atoms with van der Waals surface area (Å²) in [6.45, 7) is 0. The third-order valence-electron chi connectivity index (χ3n) is 7.02. The number of rotatable bonds is 6. The van der Waals surface area contributed by atoms with E-state index in [0.29, 0.717) is 17.9 Å². The fourth-order valence-corrected chi connectivity index (χ4v) is 5.44. The molecule has 1 heterocycles. The van der Waals surface area contributed by atoms with Gasteiger partial charge in [-0.25, -0.2) is 4.79 Å². The number of methoxy groups -OCH3 is 1. The van der Waals surface area contributed by atoms with Crippen LogP contribution in [0.15, 0.2) is 66.7 Å². The summed E-state index contributed by atoms with van der Waals surface area (Å²) in [4.78, 5) is 41.1. The van der Waals surface area contributed by atoms with Crippen LogP contribution in [0, 0.1) is 23.7 Å². The Balaban J connectivity index is 1.38. The number of likely N-dealkylation sites (tertiary alicyclic amines) is 1. The average Bonchev–Trinajstić information content (AvgIpc) is 3.13. The van der Waals surface area contributed by atoms with Gasteiger partial charge in [0, 0.05) is 12.1 Å². The van der Waals surface area contributed by atoms with E-state index in [1.807, 2.05) is 30.3 Å². The predicted molar refractivity (Wildman–Crippen MR) is 123 cm³/mol. The highest BCUT2D eigenvalue weighted by molar-refractivity contribution is 6.06. The second-order valence-corrected chi connectivity index (χ2v) is 8.92. The number of ether oxygens (including phenoxy) is 1. The lowest BCUT2D eigenvalue weighted by molar-refractivity contribution is -0.143.